The van der Waals surface area contributed by atoms with Crippen LogP contribution in [0.25, 0.3) is 22.2 Å². The third kappa shape index (κ3) is 4.80. The lowest BCUT2D eigenvalue weighted by Crippen LogP contribution is -2.18. The fourth-order valence-corrected chi connectivity index (χ4v) is 4.25. The molecule has 0 amide bonds. The second-order valence-corrected chi connectivity index (χ2v) is 7.91. The summed E-state index contributed by atoms with van der Waals surface area (Å²) in [5, 5.41) is 15.7. The van der Waals surface area contributed by atoms with Crippen LogP contribution in [0.2, 0.25) is 0 Å². The Hall–Kier alpha value is -2.37. The largest absolute Gasteiger partial charge is 0.494 e. The molecule has 1 aliphatic carbocycles. The second kappa shape index (κ2) is 9.42. The number of fused-ring (bicyclic) bond motifs is 1. The van der Waals surface area contributed by atoms with E-state index in [9.17, 15) is 5.11 Å². The molecule has 1 fully saturated rings. The quantitative estimate of drug-likeness (QED) is 0.545. The normalized spacial score (nSPS) is 16.2. The molecule has 0 spiro atoms. The van der Waals surface area contributed by atoms with Crippen molar-refractivity contribution in [2.45, 2.75) is 51.4 Å². The molecule has 1 saturated carbocycles. The van der Waals surface area contributed by atoms with E-state index in [0.717, 1.165) is 46.9 Å². The standard InChI is InChI=1S/C24H30N2O3/c1-28-23(27)17-26-22-13-6-5-12-21(22)24(25-26)19-10-7-11-20(16-19)29-15-14-18-8-3-2-4-9-18/h5-7,10-13,16,18,23,27H,2-4,8-9,14-15,17H2,1H3. The lowest BCUT2D eigenvalue weighted by atomic mass is 9.87. The molecule has 1 atom stereocenters. The van der Waals surface area contributed by atoms with Crippen LogP contribution < -0.4 is 4.74 Å². The lowest BCUT2D eigenvalue weighted by Gasteiger charge is -2.21. The van der Waals surface area contributed by atoms with Crippen LogP contribution >= 0.6 is 0 Å². The highest BCUT2D eigenvalue weighted by Crippen LogP contribution is 2.31. The number of hydrogen-bond acceptors (Lipinski definition) is 4. The Morgan fingerprint density at radius 1 is 1.10 bits per heavy atom. The minimum absolute atomic E-state index is 0.286. The van der Waals surface area contributed by atoms with Gasteiger partial charge in [-0.05, 0) is 30.5 Å². The van der Waals surface area contributed by atoms with Gasteiger partial charge in [0.05, 0.1) is 18.7 Å². The van der Waals surface area contributed by atoms with Gasteiger partial charge in [-0.15, -0.1) is 0 Å². The molecule has 1 N–H and O–H groups in total. The maximum atomic E-state index is 9.90. The van der Waals surface area contributed by atoms with Gasteiger partial charge in [0.2, 0.25) is 0 Å². The zero-order chi connectivity index (χ0) is 20.1. The van der Waals surface area contributed by atoms with E-state index in [1.165, 1.54) is 39.2 Å². The van der Waals surface area contributed by atoms with Crippen LogP contribution in [0.15, 0.2) is 48.5 Å². The number of para-hydroxylation sites is 1. The molecule has 4 rings (SSSR count). The predicted molar refractivity (Wildman–Crippen MR) is 115 cm³/mol. The Balaban J connectivity index is 1.52. The first-order chi connectivity index (χ1) is 14.2. The fourth-order valence-electron chi connectivity index (χ4n) is 4.25. The van der Waals surface area contributed by atoms with Gasteiger partial charge < -0.3 is 14.6 Å². The van der Waals surface area contributed by atoms with Gasteiger partial charge in [0.1, 0.15) is 11.4 Å². The van der Waals surface area contributed by atoms with E-state index in [-0.39, 0.29) is 6.54 Å². The van der Waals surface area contributed by atoms with Crippen LogP contribution in [0.5, 0.6) is 5.75 Å². The lowest BCUT2D eigenvalue weighted by molar-refractivity contribution is -0.0845. The summed E-state index contributed by atoms with van der Waals surface area (Å²) in [5.74, 6) is 1.70. The molecule has 154 valence electrons. The molecule has 0 radical (unpaired) electrons. The van der Waals surface area contributed by atoms with E-state index in [4.69, 9.17) is 14.6 Å². The molecule has 0 saturated heterocycles. The molecule has 1 aliphatic rings. The Morgan fingerprint density at radius 3 is 2.76 bits per heavy atom. The van der Waals surface area contributed by atoms with Gasteiger partial charge in [-0.25, -0.2) is 0 Å². The van der Waals surface area contributed by atoms with Crippen LogP contribution in [0.3, 0.4) is 0 Å². The highest BCUT2D eigenvalue weighted by Gasteiger charge is 2.16. The third-order valence-corrected chi connectivity index (χ3v) is 5.89. The van der Waals surface area contributed by atoms with Crippen molar-refractivity contribution in [3.63, 3.8) is 0 Å². The SMILES string of the molecule is COC(O)Cn1nc(-c2cccc(OCCC3CCCCC3)c2)c2ccccc21. The summed E-state index contributed by atoms with van der Waals surface area (Å²) in [6.45, 7) is 1.05. The monoisotopic (exact) mass is 394 g/mol. The van der Waals surface area contributed by atoms with Crippen LogP contribution in [0.1, 0.15) is 38.5 Å². The summed E-state index contributed by atoms with van der Waals surface area (Å²) in [6, 6.07) is 16.2. The third-order valence-electron chi connectivity index (χ3n) is 5.89. The van der Waals surface area contributed by atoms with Crippen molar-refractivity contribution in [3.8, 4) is 17.0 Å². The van der Waals surface area contributed by atoms with Crippen LogP contribution in [0.4, 0.5) is 0 Å². The number of ether oxygens (including phenoxy) is 2. The highest BCUT2D eigenvalue weighted by atomic mass is 16.6. The topological polar surface area (TPSA) is 56.5 Å². The van der Waals surface area contributed by atoms with Crippen LogP contribution in [0, 0.1) is 5.92 Å². The van der Waals surface area contributed by atoms with Crippen LogP contribution in [-0.2, 0) is 11.3 Å². The van der Waals surface area contributed by atoms with Crippen molar-refractivity contribution in [2.24, 2.45) is 5.92 Å². The van der Waals surface area contributed by atoms with E-state index in [1.807, 2.05) is 30.3 Å². The van der Waals surface area contributed by atoms with Crippen molar-refractivity contribution in [2.75, 3.05) is 13.7 Å². The molecule has 5 nitrogen and oxygen atoms in total. The Bertz CT molecular complexity index is 931. The van der Waals surface area contributed by atoms with Crippen LogP contribution in [-0.4, -0.2) is 34.9 Å². The van der Waals surface area contributed by atoms with Gasteiger partial charge >= 0.3 is 0 Å². The number of methoxy groups -OCH3 is 1. The zero-order valence-electron chi connectivity index (χ0n) is 17.1. The summed E-state index contributed by atoms with van der Waals surface area (Å²) < 4.78 is 12.9. The minimum Gasteiger partial charge on any atom is -0.494 e. The smallest absolute Gasteiger partial charge is 0.173 e. The van der Waals surface area contributed by atoms with Gasteiger partial charge in [0.15, 0.2) is 6.29 Å². The van der Waals surface area contributed by atoms with Gasteiger partial charge in [-0.1, -0.05) is 62.4 Å². The second-order valence-electron chi connectivity index (χ2n) is 7.91. The Morgan fingerprint density at radius 2 is 1.93 bits per heavy atom. The molecule has 2 aromatic carbocycles. The summed E-state index contributed by atoms with van der Waals surface area (Å²) >= 11 is 0. The van der Waals surface area contributed by atoms with Gasteiger partial charge in [-0.2, -0.15) is 5.10 Å². The zero-order valence-corrected chi connectivity index (χ0v) is 17.1. The predicted octanol–water partition coefficient (Wildman–Crippen LogP) is 5.02. The molecule has 3 aromatic rings. The molecule has 1 aromatic heterocycles. The van der Waals surface area contributed by atoms with E-state index in [1.54, 1.807) is 4.68 Å². The van der Waals surface area contributed by atoms with Crippen molar-refractivity contribution in [3.05, 3.63) is 48.5 Å². The minimum atomic E-state index is -0.888. The summed E-state index contributed by atoms with van der Waals surface area (Å²) in [5.41, 5.74) is 2.88. The molecule has 5 heteroatoms. The highest BCUT2D eigenvalue weighted by molar-refractivity contribution is 5.93. The number of aliphatic hydroxyl groups is 1. The summed E-state index contributed by atoms with van der Waals surface area (Å²) in [4.78, 5) is 0. The number of hydrogen-bond donors (Lipinski definition) is 1. The van der Waals surface area contributed by atoms with E-state index in [2.05, 4.69) is 18.2 Å². The fraction of sp³-hybridized carbons (Fsp3) is 0.458. The van der Waals surface area contributed by atoms with E-state index in [0.29, 0.717) is 0 Å². The Kier molecular flexibility index (Phi) is 6.47. The molecule has 29 heavy (non-hydrogen) atoms. The van der Waals surface area contributed by atoms with Crippen molar-refractivity contribution in [1.82, 2.24) is 9.78 Å². The molecular weight excluding hydrogens is 364 g/mol. The van der Waals surface area contributed by atoms with E-state index >= 15 is 0 Å². The molecule has 0 bridgehead atoms. The molecular formula is C24H30N2O3. The molecule has 1 unspecified atom stereocenters. The first-order valence-electron chi connectivity index (χ1n) is 10.6. The van der Waals surface area contributed by atoms with E-state index < -0.39 is 6.29 Å². The first kappa shape index (κ1) is 19.9. The van der Waals surface area contributed by atoms with Gasteiger partial charge in [0.25, 0.3) is 0 Å². The number of rotatable bonds is 8. The van der Waals surface area contributed by atoms with Gasteiger partial charge in [-0.3, -0.25) is 4.68 Å². The first-order valence-corrected chi connectivity index (χ1v) is 10.6. The molecule has 0 aliphatic heterocycles. The maximum Gasteiger partial charge on any atom is 0.173 e. The van der Waals surface area contributed by atoms with Crippen molar-refractivity contribution < 1.29 is 14.6 Å². The number of aromatic nitrogens is 2. The van der Waals surface area contributed by atoms with Crippen molar-refractivity contribution >= 4 is 10.9 Å². The van der Waals surface area contributed by atoms with Crippen molar-refractivity contribution in [1.29, 1.82) is 0 Å². The Labute approximate surface area is 172 Å². The average Bonchev–Trinajstić information content (AvgIpc) is 3.13. The average molecular weight is 395 g/mol. The summed E-state index contributed by atoms with van der Waals surface area (Å²) in [6.07, 6.45) is 7.07. The number of nitrogens with zero attached hydrogens (tertiary/aromatic N) is 2. The number of benzene rings is 2. The maximum absolute atomic E-state index is 9.90. The van der Waals surface area contributed by atoms with Gasteiger partial charge in [0, 0.05) is 18.1 Å². The number of aliphatic hydroxyl groups excluding tert-OH is 1. The summed E-state index contributed by atoms with van der Waals surface area (Å²) in [7, 11) is 1.49. The molecule has 1 heterocycles.